The lowest BCUT2D eigenvalue weighted by Gasteiger charge is -2.34. The standard InChI is InChI=1S/C15H26N2O3S/c1-4-8-16-11-14-5-6-15(20-14)21(18,19)17-9-7-12(2)10-13(17)3/h5-6,12-13,16H,4,7-11H2,1-3H3. The molecule has 0 amide bonds. The molecule has 1 aromatic rings. The first-order valence-electron chi connectivity index (χ1n) is 7.76. The minimum atomic E-state index is -3.51. The second-order valence-corrected chi connectivity index (χ2v) is 7.81. The zero-order chi connectivity index (χ0) is 15.5. The zero-order valence-electron chi connectivity index (χ0n) is 13.1. The molecular weight excluding hydrogens is 288 g/mol. The van der Waals surface area contributed by atoms with Crippen LogP contribution in [-0.4, -0.2) is 31.9 Å². The number of nitrogens with zero attached hydrogens (tertiary/aromatic N) is 1. The summed E-state index contributed by atoms with van der Waals surface area (Å²) in [4.78, 5) is 0. The van der Waals surface area contributed by atoms with Gasteiger partial charge >= 0.3 is 0 Å². The van der Waals surface area contributed by atoms with E-state index in [1.54, 1.807) is 16.4 Å². The second kappa shape index (κ2) is 6.94. The zero-order valence-corrected chi connectivity index (χ0v) is 13.9. The summed E-state index contributed by atoms with van der Waals surface area (Å²) >= 11 is 0. The fourth-order valence-corrected chi connectivity index (χ4v) is 4.43. The van der Waals surface area contributed by atoms with Crippen molar-refractivity contribution < 1.29 is 12.8 Å². The lowest BCUT2D eigenvalue weighted by molar-refractivity contribution is 0.215. The van der Waals surface area contributed by atoms with Gasteiger partial charge in [0.1, 0.15) is 5.76 Å². The van der Waals surface area contributed by atoms with Gasteiger partial charge in [0, 0.05) is 12.6 Å². The van der Waals surface area contributed by atoms with E-state index in [0.717, 1.165) is 25.8 Å². The maximum absolute atomic E-state index is 12.7. The number of rotatable bonds is 6. The fourth-order valence-electron chi connectivity index (χ4n) is 2.84. The molecule has 1 aliphatic heterocycles. The van der Waals surface area contributed by atoms with E-state index in [0.29, 0.717) is 24.8 Å². The van der Waals surface area contributed by atoms with Crippen LogP contribution in [0, 0.1) is 5.92 Å². The van der Waals surface area contributed by atoms with Crippen LogP contribution in [0.1, 0.15) is 45.8 Å². The van der Waals surface area contributed by atoms with Gasteiger partial charge in [-0.25, -0.2) is 8.42 Å². The molecule has 1 fully saturated rings. The van der Waals surface area contributed by atoms with E-state index in [1.807, 2.05) is 6.92 Å². The molecule has 21 heavy (non-hydrogen) atoms. The molecule has 2 atom stereocenters. The summed E-state index contributed by atoms with van der Waals surface area (Å²) in [5, 5.41) is 3.27. The topological polar surface area (TPSA) is 62.6 Å². The molecule has 5 nitrogen and oxygen atoms in total. The van der Waals surface area contributed by atoms with Crippen molar-refractivity contribution in [2.45, 2.75) is 57.7 Å². The van der Waals surface area contributed by atoms with Crippen molar-refractivity contribution in [3.63, 3.8) is 0 Å². The van der Waals surface area contributed by atoms with Crippen LogP contribution < -0.4 is 5.32 Å². The van der Waals surface area contributed by atoms with Crippen molar-refractivity contribution in [1.29, 1.82) is 0 Å². The van der Waals surface area contributed by atoms with Crippen LogP contribution in [0.5, 0.6) is 0 Å². The van der Waals surface area contributed by atoms with Gasteiger partial charge in [-0.2, -0.15) is 4.31 Å². The molecule has 0 radical (unpaired) electrons. The average molecular weight is 314 g/mol. The first-order valence-corrected chi connectivity index (χ1v) is 9.20. The summed E-state index contributed by atoms with van der Waals surface area (Å²) in [5.41, 5.74) is 0. The summed E-state index contributed by atoms with van der Waals surface area (Å²) in [7, 11) is -3.51. The second-order valence-electron chi connectivity index (χ2n) is 5.99. The molecule has 1 N–H and O–H groups in total. The Hall–Kier alpha value is -0.850. The van der Waals surface area contributed by atoms with E-state index in [-0.39, 0.29) is 11.1 Å². The van der Waals surface area contributed by atoms with Crippen LogP contribution in [0.3, 0.4) is 0 Å². The van der Waals surface area contributed by atoms with Crippen molar-refractivity contribution in [3.8, 4) is 0 Å². The molecule has 0 aliphatic carbocycles. The van der Waals surface area contributed by atoms with Crippen LogP contribution in [0.25, 0.3) is 0 Å². The molecular formula is C15H26N2O3S. The van der Waals surface area contributed by atoms with Crippen LogP contribution in [0.15, 0.2) is 21.6 Å². The van der Waals surface area contributed by atoms with Gasteiger partial charge in [-0.05, 0) is 50.8 Å². The van der Waals surface area contributed by atoms with Gasteiger partial charge in [0.05, 0.1) is 6.54 Å². The van der Waals surface area contributed by atoms with Gasteiger partial charge in [-0.15, -0.1) is 0 Å². The third-order valence-electron chi connectivity index (χ3n) is 4.00. The van der Waals surface area contributed by atoms with Crippen LogP contribution in [0.4, 0.5) is 0 Å². The highest BCUT2D eigenvalue weighted by Crippen LogP contribution is 2.28. The number of furan rings is 1. The van der Waals surface area contributed by atoms with E-state index in [4.69, 9.17) is 4.42 Å². The number of hydrogen-bond acceptors (Lipinski definition) is 4. The largest absolute Gasteiger partial charge is 0.447 e. The lowest BCUT2D eigenvalue weighted by atomic mass is 9.95. The van der Waals surface area contributed by atoms with E-state index >= 15 is 0 Å². The quantitative estimate of drug-likeness (QED) is 0.820. The van der Waals surface area contributed by atoms with Crippen LogP contribution in [0.2, 0.25) is 0 Å². The van der Waals surface area contributed by atoms with Crippen molar-refractivity contribution in [3.05, 3.63) is 17.9 Å². The average Bonchev–Trinajstić information content (AvgIpc) is 2.88. The van der Waals surface area contributed by atoms with Crippen LogP contribution >= 0.6 is 0 Å². The molecule has 0 saturated carbocycles. The third kappa shape index (κ3) is 3.87. The molecule has 2 rings (SSSR count). The van der Waals surface area contributed by atoms with E-state index < -0.39 is 10.0 Å². The fraction of sp³-hybridized carbons (Fsp3) is 0.733. The van der Waals surface area contributed by atoms with Gasteiger partial charge in [-0.3, -0.25) is 0 Å². The Labute approximate surface area is 127 Å². The molecule has 1 aliphatic rings. The summed E-state index contributed by atoms with van der Waals surface area (Å²) in [5.74, 6) is 1.25. The first-order chi connectivity index (χ1) is 9.95. The number of piperidine rings is 1. The molecule has 0 spiro atoms. The summed E-state index contributed by atoms with van der Waals surface area (Å²) in [6.45, 7) is 8.27. The van der Waals surface area contributed by atoms with Gasteiger partial charge in [0.2, 0.25) is 5.09 Å². The highest BCUT2D eigenvalue weighted by atomic mass is 32.2. The van der Waals surface area contributed by atoms with Crippen molar-refractivity contribution in [2.75, 3.05) is 13.1 Å². The molecule has 120 valence electrons. The maximum Gasteiger partial charge on any atom is 0.276 e. The smallest absolute Gasteiger partial charge is 0.276 e. The van der Waals surface area contributed by atoms with E-state index in [1.165, 1.54) is 0 Å². The first kappa shape index (κ1) is 16.5. The monoisotopic (exact) mass is 314 g/mol. The maximum atomic E-state index is 12.7. The van der Waals surface area contributed by atoms with E-state index in [2.05, 4.69) is 19.2 Å². The molecule has 1 saturated heterocycles. The number of hydrogen-bond donors (Lipinski definition) is 1. The van der Waals surface area contributed by atoms with Crippen molar-refractivity contribution in [2.24, 2.45) is 5.92 Å². The highest BCUT2D eigenvalue weighted by Gasteiger charge is 2.35. The minimum Gasteiger partial charge on any atom is -0.447 e. The van der Waals surface area contributed by atoms with Gasteiger partial charge < -0.3 is 9.73 Å². The molecule has 0 aromatic carbocycles. The Balaban J connectivity index is 2.09. The minimum absolute atomic E-state index is 0.0329. The Bertz CT molecular complexity index is 553. The Morgan fingerprint density at radius 3 is 2.81 bits per heavy atom. The predicted octanol–water partition coefficient (Wildman–Crippen LogP) is 2.59. The lowest BCUT2D eigenvalue weighted by Crippen LogP contribution is -2.43. The number of nitrogens with one attached hydrogen (secondary N) is 1. The van der Waals surface area contributed by atoms with Crippen molar-refractivity contribution >= 4 is 10.0 Å². The molecule has 2 heterocycles. The Kier molecular flexibility index (Phi) is 5.46. The number of sulfonamides is 1. The van der Waals surface area contributed by atoms with Gasteiger partial charge in [-0.1, -0.05) is 13.8 Å². The summed E-state index contributed by atoms with van der Waals surface area (Å²) in [6.07, 6.45) is 2.86. The normalized spacial score (nSPS) is 24.3. The molecule has 6 heteroatoms. The van der Waals surface area contributed by atoms with Crippen LogP contribution in [-0.2, 0) is 16.6 Å². The predicted molar refractivity (Wildman–Crippen MR) is 82.5 cm³/mol. The third-order valence-corrected chi connectivity index (χ3v) is 5.89. The van der Waals surface area contributed by atoms with Gasteiger partial charge in [0.25, 0.3) is 10.0 Å². The highest BCUT2D eigenvalue weighted by molar-refractivity contribution is 7.89. The van der Waals surface area contributed by atoms with Gasteiger partial charge in [0.15, 0.2) is 0 Å². The SMILES string of the molecule is CCCNCc1ccc(S(=O)(=O)N2CCC(C)CC2C)o1. The molecule has 0 bridgehead atoms. The summed E-state index contributed by atoms with van der Waals surface area (Å²) in [6, 6.07) is 3.35. The Morgan fingerprint density at radius 1 is 1.38 bits per heavy atom. The van der Waals surface area contributed by atoms with Crippen molar-refractivity contribution in [1.82, 2.24) is 9.62 Å². The van der Waals surface area contributed by atoms with E-state index in [9.17, 15) is 8.42 Å². The molecule has 2 unspecified atom stereocenters. The molecule has 1 aromatic heterocycles. The summed E-state index contributed by atoms with van der Waals surface area (Å²) < 4.78 is 32.4. The Morgan fingerprint density at radius 2 is 2.14 bits per heavy atom.